The zero-order valence-corrected chi connectivity index (χ0v) is 21.9. The first-order chi connectivity index (χ1) is 14.6. The molecule has 0 aliphatic heterocycles. The van der Waals surface area contributed by atoms with Crippen molar-refractivity contribution >= 4 is 33.4 Å². The second-order valence-corrected chi connectivity index (χ2v) is 12.6. The van der Waals surface area contributed by atoms with E-state index in [1.54, 1.807) is 12.1 Å². The number of sulfone groups is 1. The lowest BCUT2D eigenvalue weighted by atomic mass is 9.86. The molecule has 1 rings (SSSR count). The smallest absolute Gasteiger partial charge is 0.242 e. The zero-order valence-electron chi connectivity index (χ0n) is 20.3. The van der Waals surface area contributed by atoms with E-state index in [2.05, 4.69) is 36.6 Å². The van der Waals surface area contributed by atoms with Crippen LogP contribution in [0.1, 0.15) is 48.0 Å². The highest BCUT2D eigenvalue weighted by Gasteiger charge is 2.32. The highest BCUT2D eigenvalue weighted by molar-refractivity contribution is 8.00. The van der Waals surface area contributed by atoms with Gasteiger partial charge in [0.25, 0.3) is 0 Å². The SMILES string of the molecule is CC(C)C.CNC(=O)C(NC(=O)CC(CN=O)Sc1ccc(S(C)(=O)=O)cc1)C(C)(C)C. The summed E-state index contributed by atoms with van der Waals surface area (Å²) < 4.78 is 23.1. The number of thioether (sulfide) groups is 1. The third-order valence-corrected chi connectivity index (χ3v) is 6.25. The standard InChI is InChI=1S/C18H27N3O5S2.C4H10/c1-18(2,3)16(17(23)19-4)21-15(22)10-13(11-20-24)27-12-6-8-14(9-7-12)28(5,25)26;1-4(2)3/h6-9,13,16H,10-11H2,1-5H3,(H,19,23)(H,21,22);4H,1-3H3. The van der Waals surface area contributed by atoms with E-state index in [0.29, 0.717) is 4.90 Å². The van der Waals surface area contributed by atoms with Gasteiger partial charge in [-0.15, -0.1) is 11.8 Å². The summed E-state index contributed by atoms with van der Waals surface area (Å²) in [6.07, 6.45) is 1.12. The molecule has 182 valence electrons. The van der Waals surface area contributed by atoms with Crippen molar-refractivity contribution in [3.05, 3.63) is 29.2 Å². The maximum atomic E-state index is 12.5. The monoisotopic (exact) mass is 487 g/mol. The first-order valence-corrected chi connectivity index (χ1v) is 13.2. The molecule has 0 saturated heterocycles. The van der Waals surface area contributed by atoms with Gasteiger partial charge in [0.1, 0.15) is 6.04 Å². The fourth-order valence-electron chi connectivity index (χ4n) is 2.43. The summed E-state index contributed by atoms with van der Waals surface area (Å²) in [5, 5.41) is 7.72. The Labute approximate surface area is 196 Å². The molecule has 2 atom stereocenters. The average molecular weight is 488 g/mol. The van der Waals surface area contributed by atoms with E-state index in [1.165, 1.54) is 30.9 Å². The molecule has 0 spiro atoms. The molecule has 2 unspecified atom stereocenters. The molecular formula is C22H37N3O5S2. The summed E-state index contributed by atoms with van der Waals surface area (Å²) in [6.45, 7) is 11.9. The topological polar surface area (TPSA) is 122 Å². The van der Waals surface area contributed by atoms with Crippen LogP contribution in [0, 0.1) is 16.2 Å². The summed E-state index contributed by atoms with van der Waals surface area (Å²) in [4.78, 5) is 36.2. The van der Waals surface area contributed by atoms with E-state index in [1.807, 2.05) is 20.8 Å². The summed E-state index contributed by atoms with van der Waals surface area (Å²) in [6, 6.07) is 5.49. The number of carbonyl (C=O) groups excluding carboxylic acids is 2. The largest absolute Gasteiger partial charge is 0.357 e. The van der Waals surface area contributed by atoms with Crippen molar-refractivity contribution in [3.8, 4) is 0 Å². The molecule has 0 fully saturated rings. The quantitative estimate of drug-likeness (QED) is 0.405. The lowest BCUT2D eigenvalue weighted by molar-refractivity contribution is -0.131. The van der Waals surface area contributed by atoms with Crippen molar-refractivity contribution in [1.29, 1.82) is 0 Å². The van der Waals surface area contributed by atoms with Gasteiger partial charge in [0.15, 0.2) is 9.84 Å². The van der Waals surface area contributed by atoms with Crippen LogP contribution in [-0.4, -0.2) is 51.4 Å². The summed E-state index contributed by atoms with van der Waals surface area (Å²) >= 11 is 1.26. The maximum absolute atomic E-state index is 12.5. The Morgan fingerprint density at radius 3 is 1.97 bits per heavy atom. The van der Waals surface area contributed by atoms with Crippen LogP contribution in [-0.2, 0) is 19.4 Å². The van der Waals surface area contributed by atoms with E-state index in [4.69, 9.17) is 0 Å². The van der Waals surface area contributed by atoms with Gasteiger partial charge in [-0.25, -0.2) is 8.42 Å². The third kappa shape index (κ3) is 12.2. The van der Waals surface area contributed by atoms with Crippen LogP contribution < -0.4 is 10.6 Å². The van der Waals surface area contributed by atoms with Crippen LogP contribution in [0.2, 0.25) is 0 Å². The second-order valence-electron chi connectivity index (χ2n) is 9.21. The lowest BCUT2D eigenvalue weighted by Crippen LogP contribution is -2.53. The highest BCUT2D eigenvalue weighted by atomic mass is 32.2. The molecule has 0 bridgehead atoms. The van der Waals surface area contributed by atoms with Crippen molar-refractivity contribution in [2.45, 2.75) is 69.0 Å². The molecule has 0 aromatic heterocycles. The summed E-state index contributed by atoms with van der Waals surface area (Å²) in [5.74, 6) is 0.173. The van der Waals surface area contributed by atoms with Gasteiger partial charge < -0.3 is 10.6 Å². The number of hydrogen-bond acceptors (Lipinski definition) is 7. The second kappa shape index (κ2) is 13.6. The molecule has 1 aromatic carbocycles. The maximum Gasteiger partial charge on any atom is 0.242 e. The minimum absolute atomic E-state index is 0.00614. The number of nitroso groups, excluding NO2 is 1. The Morgan fingerprint density at radius 2 is 1.59 bits per heavy atom. The van der Waals surface area contributed by atoms with E-state index in [9.17, 15) is 22.9 Å². The molecule has 0 saturated carbocycles. The number of nitrogens with zero attached hydrogens (tertiary/aromatic N) is 1. The van der Waals surface area contributed by atoms with Gasteiger partial charge in [-0.2, -0.15) is 4.91 Å². The highest BCUT2D eigenvalue weighted by Crippen LogP contribution is 2.27. The van der Waals surface area contributed by atoms with E-state index >= 15 is 0 Å². The Hall–Kier alpha value is -1.94. The fraction of sp³-hybridized carbons (Fsp3) is 0.636. The van der Waals surface area contributed by atoms with E-state index in [0.717, 1.165) is 12.2 Å². The van der Waals surface area contributed by atoms with E-state index < -0.39 is 26.5 Å². The van der Waals surface area contributed by atoms with Crippen molar-refractivity contribution in [1.82, 2.24) is 10.6 Å². The predicted molar refractivity (Wildman–Crippen MR) is 130 cm³/mol. The molecule has 10 heteroatoms. The Morgan fingerprint density at radius 1 is 1.09 bits per heavy atom. The van der Waals surface area contributed by atoms with Gasteiger partial charge in [-0.3, -0.25) is 9.59 Å². The molecular weight excluding hydrogens is 450 g/mol. The van der Waals surface area contributed by atoms with Gasteiger partial charge in [0.2, 0.25) is 11.8 Å². The number of amides is 2. The van der Waals surface area contributed by atoms with Crippen LogP contribution in [0.25, 0.3) is 0 Å². The van der Waals surface area contributed by atoms with Gasteiger partial charge in [0.05, 0.1) is 11.4 Å². The fourth-order valence-corrected chi connectivity index (χ4v) is 4.11. The minimum Gasteiger partial charge on any atom is -0.357 e. The molecule has 0 radical (unpaired) electrons. The zero-order chi connectivity index (χ0) is 25.1. The van der Waals surface area contributed by atoms with Crippen LogP contribution in [0.4, 0.5) is 0 Å². The third-order valence-electron chi connectivity index (χ3n) is 3.93. The van der Waals surface area contributed by atoms with Crippen LogP contribution >= 0.6 is 11.8 Å². The molecule has 2 amide bonds. The predicted octanol–water partition coefficient (Wildman–Crippen LogP) is 3.65. The lowest BCUT2D eigenvalue weighted by Gasteiger charge is -2.30. The Balaban J connectivity index is 0.00000220. The van der Waals surface area contributed by atoms with Crippen LogP contribution in [0.15, 0.2) is 39.2 Å². The Bertz CT molecular complexity index is 845. The minimum atomic E-state index is -3.30. The first-order valence-electron chi connectivity index (χ1n) is 10.4. The normalized spacial score (nSPS) is 13.4. The molecule has 0 aliphatic carbocycles. The van der Waals surface area contributed by atoms with Gasteiger partial charge in [-0.1, -0.05) is 46.7 Å². The van der Waals surface area contributed by atoms with Crippen molar-refractivity contribution in [2.75, 3.05) is 19.8 Å². The molecule has 2 N–H and O–H groups in total. The molecule has 32 heavy (non-hydrogen) atoms. The van der Waals surface area contributed by atoms with Crippen LogP contribution in [0.3, 0.4) is 0 Å². The number of likely N-dealkylation sites (N-methyl/N-ethyl adjacent to an activating group) is 1. The van der Waals surface area contributed by atoms with E-state index in [-0.39, 0.29) is 29.7 Å². The summed E-state index contributed by atoms with van der Waals surface area (Å²) in [7, 11) is -1.79. The van der Waals surface area contributed by atoms with Gasteiger partial charge in [0, 0.05) is 29.9 Å². The van der Waals surface area contributed by atoms with Crippen molar-refractivity contribution < 1.29 is 18.0 Å². The summed E-state index contributed by atoms with van der Waals surface area (Å²) in [5.41, 5.74) is -0.483. The average Bonchev–Trinajstić information content (AvgIpc) is 2.64. The molecule has 8 nitrogen and oxygen atoms in total. The number of hydrogen-bond donors (Lipinski definition) is 2. The molecule has 0 aliphatic rings. The molecule has 0 heterocycles. The number of rotatable bonds is 9. The van der Waals surface area contributed by atoms with Gasteiger partial charge in [-0.05, 0) is 35.6 Å². The van der Waals surface area contributed by atoms with Crippen molar-refractivity contribution in [3.63, 3.8) is 0 Å². The first kappa shape index (κ1) is 30.1. The van der Waals surface area contributed by atoms with Crippen molar-refractivity contribution in [2.24, 2.45) is 16.5 Å². The number of benzene rings is 1. The molecule has 1 aromatic rings. The number of nitrogens with one attached hydrogen (secondary N) is 2. The Kier molecular flexibility index (Phi) is 12.7. The van der Waals surface area contributed by atoms with Crippen LogP contribution in [0.5, 0.6) is 0 Å². The van der Waals surface area contributed by atoms with Gasteiger partial charge >= 0.3 is 0 Å². The number of carbonyl (C=O) groups is 2.